The Morgan fingerprint density at radius 3 is 2.74 bits per heavy atom. The van der Waals surface area contributed by atoms with E-state index in [1.54, 1.807) is 6.07 Å². The molecule has 0 fully saturated rings. The number of benzene rings is 1. The second-order valence-electron chi connectivity index (χ2n) is 7.06. The van der Waals surface area contributed by atoms with E-state index < -0.39 is 0 Å². The number of hydrogen-bond acceptors (Lipinski definition) is 4. The highest BCUT2D eigenvalue weighted by Gasteiger charge is 2.18. The first-order chi connectivity index (χ1) is 12.9. The van der Waals surface area contributed by atoms with Crippen molar-refractivity contribution in [2.45, 2.75) is 26.8 Å². The molecule has 0 aliphatic carbocycles. The summed E-state index contributed by atoms with van der Waals surface area (Å²) >= 11 is 6.08. The summed E-state index contributed by atoms with van der Waals surface area (Å²) in [4.78, 5) is 18.9. The van der Waals surface area contributed by atoms with Crippen LogP contribution in [-0.2, 0) is 13.6 Å². The second-order valence-corrected chi connectivity index (χ2v) is 7.49. The van der Waals surface area contributed by atoms with Gasteiger partial charge in [0.15, 0.2) is 0 Å². The van der Waals surface area contributed by atoms with Crippen molar-refractivity contribution in [3.63, 3.8) is 0 Å². The summed E-state index contributed by atoms with van der Waals surface area (Å²) < 4.78 is 3.95. The molecule has 0 amide bonds. The van der Waals surface area contributed by atoms with Gasteiger partial charge in [0.1, 0.15) is 5.82 Å². The highest BCUT2D eigenvalue weighted by molar-refractivity contribution is 6.31. The van der Waals surface area contributed by atoms with Crippen molar-refractivity contribution >= 4 is 28.2 Å². The smallest absolute Gasteiger partial charge is 0.280 e. The third-order valence-corrected chi connectivity index (χ3v) is 5.32. The molecule has 3 aromatic rings. The van der Waals surface area contributed by atoms with Gasteiger partial charge in [0.05, 0.1) is 16.6 Å². The number of aryl methyl sites for hydroxylation is 3. The van der Waals surface area contributed by atoms with Gasteiger partial charge in [0, 0.05) is 55.6 Å². The Bertz CT molecular complexity index is 1110. The summed E-state index contributed by atoms with van der Waals surface area (Å²) in [5, 5.41) is 5.53. The van der Waals surface area contributed by atoms with Crippen LogP contribution in [0.3, 0.4) is 0 Å². The Balaban J connectivity index is 1.65. The van der Waals surface area contributed by atoms with Crippen LogP contribution in [-0.4, -0.2) is 37.3 Å². The average molecular weight is 384 g/mol. The van der Waals surface area contributed by atoms with Crippen LogP contribution in [0.2, 0.25) is 5.02 Å². The third-order valence-electron chi connectivity index (χ3n) is 5.08. The lowest BCUT2D eigenvalue weighted by molar-refractivity contribution is 0.291. The molecular formula is C20H22ClN5O. The van der Waals surface area contributed by atoms with E-state index in [0.717, 1.165) is 37.3 Å². The molecular weight excluding hydrogens is 362 g/mol. The van der Waals surface area contributed by atoms with Crippen molar-refractivity contribution < 1.29 is 0 Å². The van der Waals surface area contributed by atoms with Gasteiger partial charge in [-0.05, 0) is 32.0 Å². The molecule has 0 saturated heterocycles. The molecule has 1 aliphatic heterocycles. The molecule has 7 heteroatoms. The van der Waals surface area contributed by atoms with E-state index in [-0.39, 0.29) is 5.56 Å². The van der Waals surface area contributed by atoms with Crippen LogP contribution in [0.4, 0.5) is 0 Å². The fourth-order valence-electron chi connectivity index (χ4n) is 3.76. The van der Waals surface area contributed by atoms with Crippen molar-refractivity contribution in [3.8, 4) is 0 Å². The molecule has 4 rings (SSSR count). The number of rotatable bonds is 3. The number of aromatic nitrogens is 4. The van der Waals surface area contributed by atoms with E-state index in [9.17, 15) is 4.79 Å². The number of nitrogens with zero attached hydrogens (tertiary/aromatic N) is 5. The molecule has 3 heterocycles. The highest BCUT2D eigenvalue weighted by atomic mass is 35.5. The Kier molecular flexibility index (Phi) is 4.61. The highest BCUT2D eigenvalue weighted by Crippen LogP contribution is 2.25. The largest absolute Gasteiger partial charge is 0.302 e. The molecule has 0 saturated carbocycles. The van der Waals surface area contributed by atoms with Crippen molar-refractivity contribution in [1.82, 2.24) is 24.2 Å². The Morgan fingerprint density at radius 2 is 2.07 bits per heavy atom. The minimum absolute atomic E-state index is 0.230. The van der Waals surface area contributed by atoms with Crippen LogP contribution in [0.5, 0.6) is 0 Å². The maximum absolute atomic E-state index is 12.3. The van der Waals surface area contributed by atoms with Gasteiger partial charge in [0.2, 0.25) is 0 Å². The van der Waals surface area contributed by atoms with Gasteiger partial charge in [-0.15, -0.1) is 0 Å². The molecule has 0 unspecified atom stereocenters. The lowest BCUT2D eigenvalue weighted by atomic mass is 10.1. The Labute approximate surface area is 162 Å². The van der Waals surface area contributed by atoms with Gasteiger partial charge in [-0.25, -0.2) is 0 Å². The van der Waals surface area contributed by atoms with Crippen molar-refractivity contribution in [3.05, 3.63) is 62.9 Å². The second kappa shape index (κ2) is 6.94. The van der Waals surface area contributed by atoms with Crippen molar-refractivity contribution in [1.29, 1.82) is 0 Å². The van der Waals surface area contributed by atoms with Gasteiger partial charge in [-0.2, -0.15) is 10.1 Å². The Hall–Kier alpha value is -2.44. The zero-order valence-corrected chi connectivity index (χ0v) is 16.5. The lowest BCUT2D eigenvalue weighted by Crippen LogP contribution is -2.30. The average Bonchev–Trinajstić information content (AvgIpc) is 2.94. The number of halogens is 1. The fourth-order valence-corrected chi connectivity index (χ4v) is 3.93. The molecule has 27 heavy (non-hydrogen) atoms. The normalized spacial score (nSPS) is 15.3. The predicted molar refractivity (Wildman–Crippen MR) is 108 cm³/mol. The zero-order chi connectivity index (χ0) is 19.1. The SMILES string of the molecule is Cc1nn(C)cc1CN1CC=C(n2c(C)nc(=O)c3cc(Cl)ccc32)CC1. The molecule has 2 aromatic heterocycles. The van der Waals surface area contributed by atoms with Crippen LogP contribution in [0.15, 0.2) is 35.3 Å². The van der Waals surface area contributed by atoms with Gasteiger partial charge in [0.25, 0.3) is 5.56 Å². The maximum Gasteiger partial charge on any atom is 0.280 e. The molecule has 0 bridgehead atoms. The van der Waals surface area contributed by atoms with E-state index in [0.29, 0.717) is 16.2 Å². The van der Waals surface area contributed by atoms with E-state index in [1.807, 2.05) is 37.7 Å². The maximum atomic E-state index is 12.3. The summed E-state index contributed by atoms with van der Waals surface area (Å²) in [6.45, 7) is 6.61. The summed E-state index contributed by atoms with van der Waals surface area (Å²) in [5.74, 6) is 0.706. The summed E-state index contributed by atoms with van der Waals surface area (Å²) in [5.41, 5.74) is 4.14. The van der Waals surface area contributed by atoms with E-state index in [2.05, 4.69) is 31.8 Å². The van der Waals surface area contributed by atoms with Gasteiger partial charge >= 0.3 is 0 Å². The standard InChI is InChI=1S/C20H22ClN5O/c1-13-15(11-24(3)23-13)12-25-8-6-17(7-9-25)26-14(2)22-20(27)18-10-16(21)4-5-19(18)26/h4-6,10-11H,7-9,12H2,1-3H3. The minimum atomic E-state index is -0.230. The van der Waals surface area contributed by atoms with Crippen LogP contribution >= 0.6 is 11.6 Å². The van der Waals surface area contributed by atoms with E-state index >= 15 is 0 Å². The number of fused-ring (bicyclic) bond motifs is 1. The lowest BCUT2D eigenvalue weighted by Gasteiger charge is -2.28. The molecule has 0 spiro atoms. The van der Waals surface area contributed by atoms with Crippen LogP contribution in [0.1, 0.15) is 23.5 Å². The molecule has 140 valence electrons. The van der Waals surface area contributed by atoms with Crippen molar-refractivity contribution in [2.75, 3.05) is 13.1 Å². The first kappa shape index (κ1) is 17.9. The van der Waals surface area contributed by atoms with Gasteiger partial charge in [-0.3, -0.25) is 14.4 Å². The molecule has 0 N–H and O–H groups in total. The third kappa shape index (κ3) is 3.42. The first-order valence-corrected chi connectivity index (χ1v) is 9.40. The molecule has 0 radical (unpaired) electrons. The Morgan fingerprint density at radius 1 is 1.26 bits per heavy atom. The first-order valence-electron chi connectivity index (χ1n) is 9.02. The molecule has 0 atom stereocenters. The topological polar surface area (TPSA) is 56.0 Å². The zero-order valence-electron chi connectivity index (χ0n) is 15.7. The summed E-state index contributed by atoms with van der Waals surface area (Å²) in [6, 6.07) is 5.42. The van der Waals surface area contributed by atoms with Gasteiger partial charge in [-0.1, -0.05) is 17.7 Å². The van der Waals surface area contributed by atoms with Gasteiger partial charge < -0.3 is 4.57 Å². The fraction of sp³-hybridized carbons (Fsp3) is 0.350. The molecule has 6 nitrogen and oxygen atoms in total. The van der Waals surface area contributed by atoms with E-state index in [1.165, 1.54) is 11.3 Å². The van der Waals surface area contributed by atoms with Crippen molar-refractivity contribution in [2.24, 2.45) is 7.05 Å². The van der Waals surface area contributed by atoms with E-state index in [4.69, 9.17) is 11.6 Å². The molecule has 1 aliphatic rings. The van der Waals surface area contributed by atoms with Crippen LogP contribution < -0.4 is 5.56 Å². The molecule has 1 aromatic carbocycles. The monoisotopic (exact) mass is 383 g/mol. The quantitative estimate of drug-likeness (QED) is 0.697. The summed E-state index contributed by atoms with van der Waals surface area (Å²) in [7, 11) is 1.95. The summed E-state index contributed by atoms with van der Waals surface area (Å²) in [6.07, 6.45) is 5.20. The van der Waals surface area contributed by atoms with Crippen LogP contribution in [0, 0.1) is 13.8 Å². The minimum Gasteiger partial charge on any atom is -0.302 e. The van der Waals surface area contributed by atoms with Crippen LogP contribution in [0.25, 0.3) is 16.6 Å². The number of hydrogen-bond donors (Lipinski definition) is 0. The predicted octanol–water partition coefficient (Wildman–Crippen LogP) is 3.15.